The van der Waals surface area contributed by atoms with Crippen molar-refractivity contribution in [2.24, 2.45) is 5.92 Å². The number of hydrogen-bond acceptors (Lipinski definition) is 4. The van der Waals surface area contributed by atoms with Gasteiger partial charge in [-0.25, -0.2) is 9.67 Å². The van der Waals surface area contributed by atoms with Crippen LogP contribution >= 0.6 is 0 Å². The molecule has 1 aliphatic rings. The smallest absolute Gasteiger partial charge is 0.253 e. The summed E-state index contributed by atoms with van der Waals surface area (Å²) in [4.78, 5) is 31.9. The number of anilines is 1. The highest BCUT2D eigenvalue weighted by Crippen LogP contribution is 2.21. The molecule has 1 fully saturated rings. The van der Waals surface area contributed by atoms with Gasteiger partial charge in [0.2, 0.25) is 5.91 Å². The number of nitrogens with one attached hydrogen (secondary N) is 1. The minimum atomic E-state index is -0.237. The lowest BCUT2D eigenvalue weighted by atomic mass is 9.96. The van der Waals surface area contributed by atoms with E-state index < -0.39 is 0 Å². The van der Waals surface area contributed by atoms with Gasteiger partial charge >= 0.3 is 0 Å². The molecule has 0 bridgehead atoms. The van der Waals surface area contributed by atoms with Gasteiger partial charge in [-0.3, -0.25) is 9.59 Å². The van der Waals surface area contributed by atoms with Crippen LogP contribution in [0.4, 0.5) is 5.69 Å². The van der Waals surface area contributed by atoms with Gasteiger partial charge in [-0.15, -0.1) is 0 Å². The van der Waals surface area contributed by atoms with E-state index in [-0.39, 0.29) is 17.7 Å². The van der Waals surface area contributed by atoms with E-state index in [1.807, 2.05) is 44.3 Å². The van der Waals surface area contributed by atoms with Gasteiger partial charge in [0, 0.05) is 31.0 Å². The highest BCUT2D eigenvalue weighted by Gasteiger charge is 2.29. The number of aryl methyl sites for hydroxylation is 2. The molecular weight excluding hydrogens is 378 g/mol. The van der Waals surface area contributed by atoms with Crippen LogP contribution < -0.4 is 5.32 Å². The number of hydrogen-bond donors (Lipinski definition) is 1. The lowest BCUT2D eigenvalue weighted by Crippen LogP contribution is -2.43. The van der Waals surface area contributed by atoms with Gasteiger partial charge in [-0.1, -0.05) is 17.2 Å². The maximum Gasteiger partial charge on any atom is 0.253 e. The van der Waals surface area contributed by atoms with Crippen molar-refractivity contribution in [2.45, 2.75) is 26.7 Å². The van der Waals surface area contributed by atoms with Gasteiger partial charge in [0.05, 0.1) is 17.8 Å². The van der Waals surface area contributed by atoms with Gasteiger partial charge in [0.15, 0.2) is 5.82 Å². The molecule has 0 saturated carbocycles. The molecule has 1 atom stereocenters. The summed E-state index contributed by atoms with van der Waals surface area (Å²) in [7, 11) is 0. The van der Waals surface area contributed by atoms with Crippen molar-refractivity contribution in [3.63, 3.8) is 0 Å². The molecular formula is C23H25N5O2. The Hall–Kier alpha value is -3.48. The molecule has 7 nitrogen and oxygen atoms in total. The van der Waals surface area contributed by atoms with Crippen LogP contribution in [0.5, 0.6) is 0 Å². The minimum absolute atomic E-state index is 0.00968. The zero-order valence-corrected chi connectivity index (χ0v) is 17.2. The van der Waals surface area contributed by atoms with Crippen LogP contribution in [0.1, 0.15) is 34.3 Å². The van der Waals surface area contributed by atoms with Crippen molar-refractivity contribution in [1.29, 1.82) is 0 Å². The third-order valence-corrected chi connectivity index (χ3v) is 5.30. The average molecular weight is 403 g/mol. The Morgan fingerprint density at radius 1 is 1.13 bits per heavy atom. The molecule has 3 aromatic rings. The molecule has 3 heterocycles. The van der Waals surface area contributed by atoms with Crippen LogP contribution in [0.15, 0.2) is 55.0 Å². The Morgan fingerprint density at radius 3 is 2.60 bits per heavy atom. The Kier molecular flexibility index (Phi) is 5.61. The highest BCUT2D eigenvalue weighted by molar-refractivity contribution is 5.96. The molecule has 0 spiro atoms. The van der Waals surface area contributed by atoms with Crippen LogP contribution in [0.2, 0.25) is 0 Å². The summed E-state index contributed by atoms with van der Waals surface area (Å²) in [5, 5.41) is 7.07. The molecule has 1 aromatic carbocycles. The molecule has 0 aliphatic carbocycles. The number of nitrogens with zero attached hydrogens (tertiary/aromatic N) is 4. The zero-order valence-electron chi connectivity index (χ0n) is 17.2. The number of carbonyl (C=O) groups excluding carboxylic acids is 2. The fraction of sp³-hybridized carbons (Fsp3) is 0.304. The third-order valence-electron chi connectivity index (χ3n) is 5.30. The summed E-state index contributed by atoms with van der Waals surface area (Å²) in [5.41, 5.74) is 3.45. The van der Waals surface area contributed by atoms with E-state index >= 15 is 0 Å². The molecule has 0 radical (unpaired) electrons. The molecule has 2 aromatic heterocycles. The van der Waals surface area contributed by atoms with E-state index in [4.69, 9.17) is 0 Å². The summed E-state index contributed by atoms with van der Waals surface area (Å²) in [6, 6.07) is 11.3. The van der Waals surface area contributed by atoms with E-state index in [2.05, 4.69) is 21.5 Å². The Labute approximate surface area is 175 Å². The van der Waals surface area contributed by atoms with Crippen LogP contribution in [-0.4, -0.2) is 44.6 Å². The van der Waals surface area contributed by atoms with Crippen LogP contribution in [-0.2, 0) is 4.79 Å². The lowest BCUT2D eigenvalue weighted by molar-refractivity contribution is -0.121. The van der Waals surface area contributed by atoms with Crippen molar-refractivity contribution in [3.8, 4) is 5.82 Å². The number of rotatable bonds is 4. The second kappa shape index (κ2) is 8.49. The molecule has 0 unspecified atom stereocenters. The summed E-state index contributed by atoms with van der Waals surface area (Å²) in [5.74, 6) is 0.353. The number of carbonyl (C=O) groups is 2. The van der Waals surface area contributed by atoms with E-state index in [1.165, 1.54) is 0 Å². The number of aromatic nitrogens is 3. The van der Waals surface area contributed by atoms with E-state index in [0.29, 0.717) is 30.2 Å². The fourth-order valence-electron chi connectivity index (χ4n) is 3.90. The minimum Gasteiger partial charge on any atom is -0.338 e. The number of pyridine rings is 1. The molecule has 4 rings (SSSR count). The van der Waals surface area contributed by atoms with Crippen molar-refractivity contribution in [3.05, 3.63) is 71.7 Å². The predicted molar refractivity (Wildman–Crippen MR) is 115 cm³/mol. The molecule has 2 amide bonds. The van der Waals surface area contributed by atoms with Gasteiger partial charge in [-0.05, 0) is 57.0 Å². The zero-order chi connectivity index (χ0) is 21.1. The number of benzene rings is 1. The first kappa shape index (κ1) is 19.8. The van der Waals surface area contributed by atoms with E-state index in [0.717, 1.165) is 24.0 Å². The first-order valence-corrected chi connectivity index (χ1v) is 10.1. The van der Waals surface area contributed by atoms with Gasteiger partial charge in [0.25, 0.3) is 5.91 Å². The first-order chi connectivity index (χ1) is 14.5. The lowest BCUT2D eigenvalue weighted by Gasteiger charge is -2.32. The first-order valence-electron chi connectivity index (χ1n) is 10.1. The van der Waals surface area contributed by atoms with E-state index in [9.17, 15) is 9.59 Å². The maximum absolute atomic E-state index is 13.0. The summed E-state index contributed by atoms with van der Waals surface area (Å²) in [6.45, 7) is 5.08. The summed E-state index contributed by atoms with van der Waals surface area (Å²) < 4.78 is 1.66. The van der Waals surface area contributed by atoms with Crippen LogP contribution in [0, 0.1) is 19.8 Å². The van der Waals surface area contributed by atoms with Crippen molar-refractivity contribution in [2.75, 3.05) is 18.4 Å². The molecule has 1 N–H and O–H groups in total. The average Bonchev–Trinajstić information content (AvgIpc) is 3.28. The number of piperidine rings is 1. The molecule has 7 heteroatoms. The van der Waals surface area contributed by atoms with Crippen LogP contribution in [0.25, 0.3) is 5.82 Å². The largest absolute Gasteiger partial charge is 0.338 e. The second-order valence-corrected chi connectivity index (χ2v) is 7.81. The normalized spacial score (nSPS) is 16.3. The van der Waals surface area contributed by atoms with E-state index in [1.54, 1.807) is 28.0 Å². The van der Waals surface area contributed by atoms with Crippen LogP contribution in [0.3, 0.4) is 0 Å². The van der Waals surface area contributed by atoms with Gasteiger partial charge in [0.1, 0.15) is 0 Å². The molecule has 30 heavy (non-hydrogen) atoms. The molecule has 154 valence electrons. The Balaban J connectivity index is 1.40. The Bertz CT molecular complexity index is 1020. The van der Waals surface area contributed by atoms with Crippen molar-refractivity contribution >= 4 is 17.5 Å². The summed E-state index contributed by atoms with van der Waals surface area (Å²) >= 11 is 0. The third kappa shape index (κ3) is 4.40. The van der Waals surface area contributed by atoms with Gasteiger partial charge in [-0.2, -0.15) is 5.10 Å². The number of likely N-dealkylation sites (tertiary alicyclic amines) is 1. The molecule has 1 saturated heterocycles. The monoisotopic (exact) mass is 403 g/mol. The fourth-order valence-corrected chi connectivity index (χ4v) is 3.90. The summed E-state index contributed by atoms with van der Waals surface area (Å²) in [6.07, 6.45) is 6.69. The predicted octanol–water partition coefficient (Wildman–Crippen LogP) is 3.38. The van der Waals surface area contributed by atoms with Gasteiger partial charge < -0.3 is 10.2 Å². The topological polar surface area (TPSA) is 80.1 Å². The Morgan fingerprint density at radius 2 is 1.93 bits per heavy atom. The molecule has 1 aliphatic heterocycles. The SMILES string of the molecule is Cc1cc(C)cc(C(=O)N2CCC[C@H](C(=O)Nc3ccc(-n4cccn4)nc3)C2)c1. The number of amides is 2. The maximum atomic E-state index is 13.0. The van der Waals surface area contributed by atoms with Crippen molar-refractivity contribution < 1.29 is 9.59 Å². The highest BCUT2D eigenvalue weighted by atomic mass is 16.2. The standard InChI is InChI=1S/C23H25N5O2/c1-16-11-17(2)13-19(12-16)23(30)27-9-3-5-18(15-27)22(29)26-20-6-7-21(24-14-20)28-10-4-8-25-28/h4,6-8,10-14,18H,3,5,9,15H2,1-2H3,(H,26,29)/t18-/m0/s1. The van der Waals surface area contributed by atoms with Crippen molar-refractivity contribution in [1.82, 2.24) is 19.7 Å². The quantitative estimate of drug-likeness (QED) is 0.724. The second-order valence-electron chi connectivity index (χ2n) is 7.81.